The van der Waals surface area contributed by atoms with Crippen molar-refractivity contribution in [2.75, 3.05) is 0 Å². The van der Waals surface area contributed by atoms with E-state index in [1.54, 1.807) is 17.6 Å². The van der Waals surface area contributed by atoms with E-state index in [1.165, 1.54) is 24.3 Å². The Morgan fingerprint density at radius 1 is 1.36 bits per heavy atom. The summed E-state index contributed by atoms with van der Waals surface area (Å²) in [6.07, 6.45) is 1.59. The molecule has 2 aromatic heterocycles. The zero-order chi connectivity index (χ0) is 15.7. The van der Waals surface area contributed by atoms with Gasteiger partial charge < -0.3 is 5.11 Å². The fourth-order valence-electron chi connectivity index (χ4n) is 2.11. The van der Waals surface area contributed by atoms with Crippen LogP contribution in [-0.2, 0) is 0 Å². The molecule has 0 bridgehead atoms. The normalized spacial score (nSPS) is 11.4. The summed E-state index contributed by atoms with van der Waals surface area (Å²) >= 11 is 1.57. The Balaban J connectivity index is 1.79. The number of nitrogens with one attached hydrogen (secondary N) is 1. The van der Waals surface area contributed by atoms with E-state index in [0.717, 1.165) is 22.0 Å². The SMILES string of the molecule is Cc1nc2scc(C)n2c1/C=N/NC(=O)c1ccc(O)cc1. The van der Waals surface area contributed by atoms with Crippen molar-refractivity contribution in [3.05, 3.63) is 52.3 Å². The van der Waals surface area contributed by atoms with Crippen LogP contribution in [0.3, 0.4) is 0 Å². The minimum absolute atomic E-state index is 0.116. The number of benzene rings is 1. The van der Waals surface area contributed by atoms with Gasteiger partial charge in [0.2, 0.25) is 0 Å². The Morgan fingerprint density at radius 3 is 2.82 bits per heavy atom. The van der Waals surface area contributed by atoms with Gasteiger partial charge >= 0.3 is 0 Å². The predicted octanol–water partition coefficient (Wildman–Crippen LogP) is 2.48. The summed E-state index contributed by atoms with van der Waals surface area (Å²) in [4.78, 5) is 17.3. The lowest BCUT2D eigenvalue weighted by atomic mass is 10.2. The first-order valence-electron chi connectivity index (χ1n) is 6.62. The maximum atomic E-state index is 11.9. The standard InChI is InChI=1S/C15H14N4O2S/c1-9-8-22-15-17-10(2)13(19(9)15)7-16-18-14(21)11-3-5-12(20)6-4-11/h3-8,20H,1-2H3,(H,18,21)/b16-7+. The molecule has 112 valence electrons. The third-order valence-corrected chi connectivity index (χ3v) is 4.18. The van der Waals surface area contributed by atoms with Gasteiger partial charge in [0.25, 0.3) is 5.91 Å². The van der Waals surface area contributed by atoms with E-state index in [2.05, 4.69) is 15.5 Å². The van der Waals surface area contributed by atoms with Crippen molar-refractivity contribution in [2.24, 2.45) is 5.10 Å². The molecule has 0 unspecified atom stereocenters. The number of hydrogen-bond donors (Lipinski definition) is 2. The number of fused-ring (bicyclic) bond motifs is 1. The molecular weight excluding hydrogens is 300 g/mol. The average molecular weight is 314 g/mol. The Morgan fingerprint density at radius 2 is 2.09 bits per heavy atom. The first-order valence-corrected chi connectivity index (χ1v) is 7.50. The second-order valence-corrected chi connectivity index (χ2v) is 5.66. The predicted molar refractivity (Wildman–Crippen MR) is 85.7 cm³/mol. The van der Waals surface area contributed by atoms with Crippen molar-refractivity contribution in [1.82, 2.24) is 14.8 Å². The Kier molecular flexibility index (Phi) is 3.64. The van der Waals surface area contributed by atoms with E-state index in [1.807, 2.05) is 23.6 Å². The van der Waals surface area contributed by atoms with Gasteiger partial charge in [-0.1, -0.05) is 0 Å². The molecule has 0 radical (unpaired) electrons. The molecule has 2 N–H and O–H groups in total. The Bertz CT molecular complexity index is 862. The van der Waals surface area contributed by atoms with Crippen molar-refractivity contribution in [3.8, 4) is 5.75 Å². The molecule has 6 nitrogen and oxygen atoms in total. The van der Waals surface area contributed by atoms with Crippen LogP contribution in [0.1, 0.15) is 27.4 Å². The molecule has 0 fully saturated rings. The lowest BCUT2D eigenvalue weighted by molar-refractivity contribution is 0.0955. The molecule has 0 aliphatic rings. The van der Waals surface area contributed by atoms with Gasteiger partial charge in [0.05, 0.1) is 17.6 Å². The van der Waals surface area contributed by atoms with Gasteiger partial charge in [-0.15, -0.1) is 11.3 Å². The van der Waals surface area contributed by atoms with Crippen molar-refractivity contribution in [1.29, 1.82) is 0 Å². The van der Waals surface area contributed by atoms with E-state index in [9.17, 15) is 9.90 Å². The molecule has 0 aliphatic carbocycles. The van der Waals surface area contributed by atoms with Crippen molar-refractivity contribution in [2.45, 2.75) is 13.8 Å². The summed E-state index contributed by atoms with van der Waals surface area (Å²) in [5.74, 6) is -0.220. The van der Waals surface area contributed by atoms with Gasteiger partial charge in [-0.3, -0.25) is 9.20 Å². The molecule has 22 heavy (non-hydrogen) atoms. The van der Waals surface area contributed by atoms with Crippen LogP contribution in [0.2, 0.25) is 0 Å². The minimum Gasteiger partial charge on any atom is -0.508 e. The number of aromatic nitrogens is 2. The molecule has 3 aromatic rings. The van der Waals surface area contributed by atoms with Crippen molar-refractivity contribution in [3.63, 3.8) is 0 Å². The number of aromatic hydroxyl groups is 1. The number of aryl methyl sites for hydroxylation is 2. The summed E-state index contributed by atoms with van der Waals surface area (Å²) in [5, 5.41) is 15.2. The zero-order valence-electron chi connectivity index (χ0n) is 12.1. The van der Waals surface area contributed by atoms with Crippen LogP contribution < -0.4 is 5.43 Å². The van der Waals surface area contributed by atoms with Crippen LogP contribution in [0.25, 0.3) is 4.96 Å². The summed E-state index contributed by atoms with van der Waals surface area (Å²) in [7, 11) is 0. The Hall–Kier alpha value is -2.67. The van der Waals surface area contributed by atoms with Crippen LogP contribution >= 0.6 is 11.3 Å². The molecule has 0 spiro atoms. The molecule has 0 atom stereocenters. The van der Waals surface area contributed by atoms with Gasteiger partial charge in [0.1, 0.15) is 5.75 Å². The van der Waals surface area contributed by atoms with Gasteiger partial charge in [0, 0.05) is 16.6 Å². The number of hydrogen-bond acceptors (Lipinski definition) is 5. The number of imidazole rings is 1. The molecule has 1 aromatic carbocycles. The highest BCUT2D eigenvalue weighted by Crippen LogP contribution is 2.19. The summed E-state index contributed by atoms with van der Waals surface area (Å²) in [5.41, 5.74) is 5.68. The molecule has 2 heterocycles. The average Bonchev–Trinajstić information content (AvgIpc) is 3.00. The fourth-order valence-corrected chi connectivity index (χ4v) is 3.03. The number of carbonyl (C=O) groups is 1. The number of thiazole rings is 1. The number of nitrogens with zero attached hydrogens (tertiary/aromatic N) is 3. The highest BCUT2D eigenvalue weighted by molar-refractivity contribution is 7.15. The van der Waals surface area contributed by atoms with Crippen LogP contribution in [0.15, 0.2) is 34.7 Å². The third-order valence-electron chi connectivity index (χ3n) is 3.24. The number of amides is 1. The first kappa shape index (κ1) is 14.3. The summed E-state index contributed by atoms with van der Waals surface area (Å²) < 4.78 is 2.00. The van der Waals surface area contributed by atoms with Crippen LogP contribution in [0, 0.1) is 13.8 Å². The molecular formula is C15H14N4O2S. The quantitative estimate of drug-likeness (QED) is 0.576. The number of phenolic OH excluding ortho intramolecular Hbond substituents is 1. The van der Waals surface area contributed by atoms with Crippen LogP contribution in [-0.4, -0.2) is 26.6 Å². The maximum absolute atomic E-state index is 11.9. The maximum Gasteiger partial charge on any atom is 0.271 e. The van der Waals surface area contributed by atoms with Crippen molar-refractivity contribution < 1.29 is 9.90 Å². The van der Waals surface area contributed by atoms with Crippen molar-refractivity contribution >= 4 is 28.4 Å². The monoisotopic (exact) mass is 314 g/mol. The van der Waals surface area contributed by atoms with Gasteiger partial charge in [0.15, 0.2) is 4.96 Å². The highest BCUT2D eigenvalue weighted by atomic mass is 32.1. The number of phenols is 1. The summed E-state index contributed by atoms with van der Waals surface area (Å²) in [6, 6.07) is 5.98. The molecule has 0 aliphatic heterocycles. The van der Waals surface area contributed by atoms with E-state index >= 15 is 0 Å². The third kappa shape index (κ3) is 2.58. The smallest absolute Gasteiger partial charge is 0.271 e. The van der Waals surface area contributed by atoms with Gasteiger partial charge in [-0.25, -0.2) is 10.4 Å². The lowest BCUT2D eigenvalue weighted by Gasteiger charge is -2.00. The molecule has 7 heteroatoms. The van der Waals surface area contributed by atoms with Gasteiger partial charge in [-0.05, 0) is 38.1 Å². The number of carbonyl (C=O) groups excluding carboxylic acids is 1. The molecule has 0 saturated carbocycles. The second-order valence-electron chi connectivity index (χ2n) is 4.82. The Labute approximate surface area is 130 Å². The number of hydrazone groups is 1. The topological polar surface area (TPSA) is 79.0 Å². The van der Waals surface area contributed by atoms with Crippen LogP contribution in [0.4, 0.5) is 0 Å². The lowest BCUT2D eigenvalue weighted by Crippen LogP contribution is -2.17. The van der Waals surface area contributed by atoms with E-state index in [4.69, 9.17) is 0 Å². The summed E-state index contributed by atoms with van der Waals surface area (Å²) in [6.45, 7) is 3.90. The minimum atomic E-state index is -0.336. The first-order chi connectivity index (χ1) is 10.6. The van der Waals surface area contributed by atoms with E-state index in [0.29, 0.717) is 5.56 Å². The van der Waals surface area contributed by atoms with Crippen LogP contribution in [0.5, 0.6) is 5.75 Å². The zero-order valence-corrected chi connectivity index (χ0v) is 12.9. The van der Waals surface area contributed by atoms with E-state index in [-0.39, 0.29) is 11.7 Å². The number of rotatable bonds is 3. The highest BCUT2D eigenvalue weighted by Gasteiger charge is 2.10. The molecule has 1 amide bonds. The molecule has 3 rings (SSSR count). The van der Waals surface area contributed by atoms with Gasteiger partial charge in [-0.2, -0.15) is 5.10 Å². The second kappa shape index (κ2) is 5.61. The largest absolute Gasteiger partial charge is 0.508 e. The fraction of sp³-hybridized carbons (Fsp3) is 0.133. The molecule has 0 saturated heterocycles. The van der Waals surface area contributed by atoms with E-state index < -0.39 is 0 Å².